The zero-order valence-electron chi connectivity index (χ0n) is 16.6. The number of methoxy groups -OCH3 is 1. The summed E-state index contributed by atoms with van der Waals surface area (Å²) >= 11 is 0. The molecule has 6 nitrogen and oxygen atoms in total. The van der Waals surface area contributed by atoms with E-state index in [1.54, 1.807) is 11.4 Å². The second-order valence-corrected chi connectivity index (χ2v) is 6.13. The second kappa shape index (κ2) is 8.77. The van der Waals surface area contributed by atoms with Gasteiger partial charge in [-0.3, -0.25) is 0 Å². The van der Waals surface area contributed by atoms with Crippen LogP contribution in [0, 0.1) is 6.92 Å². The molecule has 0 amide bonds. The van der Waals surface area contributed by atoms with Crippen LogP contribution in [0.15, 0.2) is 30.9 Å². The molecule has 3 rings (SSSR count). The number of hydrogen-bond donors (Lipinski definition) is 1. The summed E-state index contributed by atoms with van der Waals surface area (Å²) < 4.78 is 6.86. The zero-order valence-corrected chi connectivity index (χ0v) is 16.6. The van der Waals surface area contributed by atoms with Crippen molar-refractivity contribution in [3.63, 3.8) is 0 Å². The van der Waals surface area contributed by atoms with Crippen LogP contribution >= 0.6 is 0 Å². The summed E-state index contributed by atoms with van der Waals surface area (Å²) in [7, 11) is 1.37. The Morgan fingerprint density at radius 1 is 1.37 bits per heavy atom. The molecule has 1 atom stereocenters. The van der Waals surface area contributed by atoms with E-state index in [1.807, 2.05) is 26.8 Å². The number of ether oxygens (including phenoxy) is 1. The van der Waals surface area contributed by atoms with Gasteiger partial charge in [-0.05, 0) is 37.8 Å². The van der Waals surface area contributed by atoms with Gasteiger partial charge < -0.3 is 9.84 Å². The molecule has 27 heavy (non-hydrogen) atoms. The molecule has 2 aromatic heterocycles. The number of carboxylic acids is 1. The number of fused-ring (bicyclic) bond motifs is 1. The SMILES string of the molecule is C=C(C)c1c(C(OC)C(=O)O)c(C)nc2cc(C3=CCCC=C3)nn12.CC. The highest BCUT2D eigenvalue weighted by Gasteiger charge is 2.28. The predicted octanol–water partition coefficient (Wildman–Crippen LogP) is 4.60. The molecule has 0 spiro atoms. The molecule has 0 saturated carbocycles. The summed E-state index contributed by atoms with van der Waals surface area (Å²) in [6.07, 6.45) is 7.21. The van der Waals surface area contributed by atoms with Gasteiger partial charge in [-0.15, -0.1) is 0 Å². The Hall–Kier alpha value is -2.73. The van der Waals surface area contributed by atoms with E-state index in [1.165, 1.54) is 7.11 Å². The van der Waals surface area contributed by atoms with Gasteiger partial charge in [0.15, 0.2) is 11.8 Å². The molecular formula is C21H27N3O3. The number of aliphatic carboxylic acids is 1. The van der Waals surface area contributed by atoms with Crippen LogP contribution in [-0.2, 0) is 9.53 Å². The number of carbonyl (C=O) groups is 1. The molecule has 0 saturated heterocycles. The van der Waals surface area contributed by atoms with E-state index in [2.05, 4.69) is 34.9 Å². The number of rotatable bonds is 5. The van der Waals surface area contributed by atoms with E-state index in [-0.39, 0.29) is 0 Å². The van der Waals surface area contributed by atoms with E-state index < -0.39 is 12.1 Å². The molecule has 6 heteroatoms. The van der Waals surface area contributed by atoms with E-state index in [4.69, 9.17) is 4.74 Å². The number of hydrogen-bond acceptors (Lipinski definition) is 4. The van der Waals surface area contributed by atoms with Crippen LogP contribution < -0.4 is 0 Å². The summed E-state index contributed by atoms with van der Waals surface area (Å²) in [5.41, 5.74) is 4.93. The molecule has 0 radical (unpaired) electrons. The van der Waals surface area contributed by atoms with Crippen LogP contribution in [0.5, 0.6) is 0 Å². The van der Waals surface area contributed by atoms with Crippen LogP contribution in [0.1, 0.15) is 62.4 Å². The average Bonchev–Trinajstić information content (AvgIpc) is 3.07. The molecule has 0 bridgehead atoms. The summed E-state index contributed by atoms with van der Waals surface area (Å²) in [6, 6.07) is 1.91. The normalized spacial score (nSPS) is 14.3. The smallest absolute Gasteiger partial charge is 0.337 e. The lowest BCUT2D eigenvalue weighted by atomic mass is 10.0. The van der Waals surface area contributed by atoms with Gasteiger partial charge in [0, 0.05) is 24.4 Å². The largest absolute Gasteiger partial charge is 0.479 e. The molecule has 2 aromatic rings. The third kappa shape index (κ3) is 4.01. The summed E-state index contributed by atoms with van der Waals surface area (Å²) in [5.74, 6) is -1.07. The Bertz CT molecular complexity index is 922. The minimum absolute atomic E-state index is 0.484. The minimum Gasteiger partial charge on any atom is -0.479 e. The zero-order chi connectivity index (χ0) is 20.1. The van der Waals surface area contributed by atoms with Crippen molar-refractivity contribution in [1.29, 1.82) is 0 Å². The second-order valence-electron chi connectivity index (χ2n) is 6.13. The topological polar surface area (TPSA) is 76.7 Å². The van der Waals surface area contributed by atoms with Crippen molar-refractivity contribution in [3.05, 3.63) is 53.5 Å². The van der Waals surface area contributed by atoms with Crippen molar-refractivity contribution in [3.8, 4) is 0 Å². The molecule has 1 aliphatic rings. The van der Waals surface area contributed by atoms with Crippen LogP contribution in [0.4, 0.5) is 0 Å². The Balaban J connectivity index is 0.00000126. The number of carboxylic acid groups (broad SMARTS) is 1. The highest BCUT2D eigenvalue weighted by molar-refractivity contribution is 5.79. The standard InChI is InChI=1S/C19H21N3O3.C2H6/c1-11(2)17-16(18(25-4)19(23)24)12(3)20-15-10-14(21-22(15)17)13-8-6-5-7-9-13;1-2/h6,8-10,18H,1,5,7H2,2-4H3,(H,23,24);1-2H3. The molecule has 144 valence electrons. The molecule has 1 aliphatic carbocycles. The van der Waals surface area contributed by atoms with Crippen molar-refractivity contribution in [2.24, 2.45) is 0 Å². The van der Waals surface area contributed by atoms with Crippen molar-refractivity contribution in [2.75, 3.05) is 7.11 Å². The third-order valence-electron chi connectivity index (χ3n) is 4.25. The Kier molecular flexibility index (Phi) is 6.69. The highest BCUT2D eigenvalue weighted by Crippen LogP contribution is 2.30. The van der Waals surface area contributed by atoms with Gasteiger partial charge >= 0.3 is 5.97 Å². The minimum atomic E-state index is -1.12. The van der Waals surface area contributed by atoms with Gasteiger partial charge in [0.25, 0.3) is 0 Å². The van der Waals surface area contributed by atoms with E-state index in [0.29, 0.717) is 28.2 Å². The molecule has 2 heterocycles. The molecule has 1 N–H and O–H groups in total. The molecule has 0 fully saturated rings. The Labute approximate surface area is 159 Å². The van der Waals surface area contributed by atoms with Crippen LogP contribution in [0.25, 0.3) is 16.8 Å². The van der Waals surface area contributed by atoms with Gasteiger partial charge in [0.05, 0.1) is 11.4 Å². The monoisotopic (exact) mass is 369 g/mol. The van der Waals surface area contributed by atoms with E-state index >= 15 is 0 Å². The Morgan fingerprint density at radius 3 is 2.59 bits per heavy atom. The summed E-state index contributed by atoms with van der Waals surface area (Å²) in [5, 5.41) is 14.2. The molecule has 0 aromatic carbocycles. The highest BCUT2D eigenvalue weighted by atomic mass is 16.5. The van der Waals surface area contributed by atoms with Gasteiger partial charge in [-0.25, -0.2) is 14.3 Å². The lowest BCUT2D eigenvalue weighted by molar-refractivity contribution is -0.149. The fourth-order valence-electron chi connectivity index (χ4n) is 3.14. The summed E-state index contributed by atoms with van der Waals surface area (Å²) in [6.45, 7) is 11.6. The van der Waals surface area contributed by atoms with Gasteiger partial charge in [-0.1, -0.05) is 38.7 Å². The number of nitrogens with zero attached hydrogens (tertiary/aromatic N) is 3. The number of allylic oxidation sites excluding steroid dienone is 5. The lowest BCUT2D eigenvalue weighted by Crippen LogP contribution is -2.19. The number of aryl methyl sites for hydroxylation is 1. The van der Waals surface area contributed by atoms with E-state index in [9.17, 15) is 9.90 Å². The maximum Gasteiger partial charge on any atom is 0.337 e. The van der Waals surface area contributed by atoms with E-state index in [0.717, 1.165) is 24.1 Å². The lowest BCUT2D eigenvalue weighted by Gasteiger charge is -2.18. The summed E-state index contributed by atoms with van der Waals surface area (Å²) in [4.78, 5) is 16.2. The molecular weight excluding hydrogens is 342 g/mol. The first-order valence-electron chi connectivity index (χ1n) is 9.13. The first-order chi connectivity index (χ1) is 12.9. The van der Waals surface area contributed by atoms with Crippen LogP contribution in [0.3, 0.4) is 0 Å². The first-order valence-corrected chi connectivity index (χ1v) is 9.13. The molecule has 0 aliphatic heterocycles. The van der Waals surface area contributed by atoms with Crippen LogP contribution in [-0.4, -0.2) is 32.8 Å². The number of aromatic nitrogens is 3. The quantitative estimate of drug-likeness (QED) is 0.833. The third-order valence-corrected chi connectivity index (χ3v) is 4.25. The van der Waals surface area contributed by atoms with Gasteiger partial charge in [0.1, 0.15) is 0 Å². The van der Waals surface area contributed by atoms with Crippen molar-refractivity contribution in [2.45, 2.75) is 46.6 Å². The Morgan fingerprint density at radius 2 is 2.07 bits per heavy atom. The fraction of sp³-hybridized carbons (Fsp3) is 0.381. The fourth-order valence-corrected chi connectivity index (χ4v) is 3.14. The van der Waals surface area contributed by atoms with Crippen molar-refractivity contribution in [1.82, 2.24) is 14.6 Å². The maximum absolute atomic E-state index is 11.6. The van der Waals surface area contributed by atoms with Crippen LogP contribution in [0.2, 0.25) is 0 Å². The maximum atomic E-state index is 11.6. The molecule has 1 unspecified atom stereocenters. The van der Waals surface area contributed by atoms with Crippen molar-refractivity contribution < 1.29 is 14.6 Å². The predicted molar refractivity (Wildman–Crippen MR) is 108 cm³/mol. The van der Waals surface area contributed by atoms with Gasteiger partial charge in [-0.2, -0.15) is 5.10 Å². The average molecular weight is 369 g/mol. The van der Waals surface area contributed by atoms with Crippen molar-refractivity contribution >= 4 is 22.8 Å². The first kappa shape index (κ1) is 20.6. The van der Waals surface area contributed by atoms with Gasteiger partial charge in [0.2, 0.25) is 0 Å².